The SMILES string of the molecule is c1ccc(-c2cccc(-n3c4ccccc4c4cc5c6ccc(-c7ccccc7)cc6n(-c6cccc7ccccc67)c5cc43)c2)cc1. The van der Waals surface area contributed by atoms with Crippen LogP contribution >= 0.6 is 0 Å². The van der Waals surface area contributed by atoms with Crippen molar-refractivity contribution in [2.75, 3.05) is 0 Å². The van der Waals surface area contributed by atoms with Crippen LogP contribution in [0.4, 0.5) is 0 Å². The summed E-state index contributed by atoms with van der Waals surface area (Å²) in [6.07, 6.45) is 0. The number of aromatic nitrogens is 2. The first-order chi connectivity index (χ1) is 23.8. The van der Waals surface area contributed by atoms with E-state index in [0.29, 0.717) is 0 Å². The third-order valence-corrected chi connectivity index (χ3v) is 9.89. The minimum atomic E-state index is 1.15. The molecule has 0 radical (unpaired) electrons. The zero-order valence-corrected chi connectivity index (χ0v) is 26.2. The third kappa shape index (κ3) is 4.06. The number of rotatable bonds is 4. The highest BCUT2D eigenvalue weighted by Crippen LogP contribution is 2.42. The fourth-order valence-electron chi connectivity index (χ4n) is 7.69. The van der Waals surface area contributed by atoms with Crippen molar-refractivity contribution < 1.29 is 0 Å². The topological polar surface area (TPSA) is 9.86 Å². The van der Waals surface area contributed by atoms with Gasteiger partial charge in [-0.15, -0.1) is 0 Å². The van der Waals surface area contributed by atoms with Crippen molar-refractivity contribution in [2.45, 2.75) is 0 Å². The molecule has 2 aromatic heterocycles. The molecule has 0 aliphatic heterocycles. The van der Waals surface area contributed by atoms with E-state index in [9.17, 15) is 0 Å². The molecule has 0 aliphatic rings. The molecule has 0 aliphatic carbocycles. The molecule has 0 saturated heterocycles. The van der Waals surface area contributed by atoms with E-state index in [1.807, 2.05) is 0 Å². The van der Waals surface area contributed by atoms with Crippen molar-refractivity contribution in [3.05, 3.63) is 182 Å². The van der Waals surface area contributed by atoms with Gasteiger partial charge in [-0.3, -0.25) is 0 Å². The zero-order chi connectivity index (χ0) is 31.6. The Kier molecular flexibility index (Phi) is 5.91. The first kappa shape index (κ1) is 26.8. The molecule has 0 amide bonds. The van der Waals surface area contributed by atoms with Crippen molar-refractivity contribution in [3.8, 4) is 33.6 Å². The average Bonchev–Trinajstić information content (AvgIpc) is 3.66. The van der Waals surface area contributed by atoms with E-state index in [0.717, 1.165) is 5.69 Å². The molecule has 10 aromatic rings. The molecule has 0 bridgehead atoms. The smallest absolute Gasteiger partial charge is 0.0562 e. The normalized spacial score (nSPS) is 11.8. The Morgan fingerprint density at radius 3 is 1.62 bits per heavy atom. The van der Waals surface area contributed by atoms with Crippen molar-refractivity contribution in [1.29, 1.82) is 0 Å². The van der Waals surface area contributed by atoms with E-state index in [4.69, 9.17) is 0 Å². The maximum Gasteiger partial charge on any atom is 0.0562 e. The van der Waals surface area contributed by atoms with Crippen molar-refractivity contribution in [3.63, 3.8) is 0 Å². The number of nitrogens with zero attached hydrogens (tertiary/aromatic N) is 2. The quantitative estimate of drug-likeness (QED) is 0.188. The molecule has 8 aromatic carbocycles. The van der Waals surface area contributed by atoms with Gasteiger partial charge in [0.1, 0.15) is 0 Å². The van der Waals surface area contributed by atoms with Crippen LogP contribution in [-0.4, -0.2) is 9.13 Å². The molecule has 48 heavy (non-hydrogen) atoms. The molecule has 2 heterocycles. The highest BCUT2D eigenvalue weighted by molar-refractivity contribution is 6.20. The molecule has 0 spiro atoms. The minimum absolute atomic E-state index is 1.15. The zero-order valence-electron chi connectivity index (χ0n) is 26.2. The molecule has 0 saturated carbocycles. The van der Waals surface area contributed by atoms with E-state index in [2.05, 4.69) is 191 Å². The summed E-state index contributed by atoms with van der Waals surface area (Å²) in [5.41, 5.74) is 12.0. The third-order valence-electron chi connectivity index (χ3n) is 9.89. The number of hydrogen-bond donors (Lipinski definition) is 0. The summed E-state index contributed by atoms with van der Waals surface area (Å²) < 4.78 is 4.93. The van der Waals surface area contributed by atoms with Gasteiger partial charge in [0.25, 0.3) is 0 Å². The van der Waals surface area contributed by atoms with Crippen molar-refractivity contribution in [2.24, 2.45) is 0 Å². The molecule has 10 rings (SSSR count). The molecule has 0 fully saturated rings. The Balaban J connectivity index is 1.33. The lowest BCUT2D eigenvalue weighted by Gasteiger charge is -2.13. The number of fused-ring (bicyclic) bond motifs is 7. The summed E-state index contributed by atoms with van der Waals surface area (Å²) in [4.78, 5) is 0. The van der Waals surface area contributed by atoms with E-state index in [1.165, 1.54) is 82.3 Å². The summed E-state index contributed by atoms with van der Waals surface area (Å²) >= 11 is 0. The van der Waals surface area contributed by atoms with Gasteiger partial charge < -0.3 is 9.13 Å². The second-order valence-corrected chi connectivity index (χ2v) is 12.6. The number of benzene rings is 8. The molecule has 0 unspecified atom stereocenters. The Labute approximate surface area is 278 Å². The minimum Gasteiger partial charge on any atom is -0.309 e. The highest BCUT2D eigenvalue weighted by Gasteiger charge is 2.20. The summed E-state index contributed by atoms with van der Waals surface area (Å²) in [5, 5.41) is 7.49. The van der Waals surface area contributed by atoms with Gasteiger partial charge >= 0.3 is 0 Å². The fraction of sp³-hybridized carbons (Fsp3) is 0. The van der Waals surface area contributed by atoms with Gasteiger partial charge in [-0.1, -0.05) is 140 Å². The first-order valence-corrected chi connectivity index (χ1v) is 16.5. The van der Waals surface area contributed by atoms with Gasteiger partial charge in [-0.05, 0) is 70.1 Å². The van der Waals surface area contributed by atoms with Crippen molar-refractivity contribution >= 4 is 54.4 Å². The van der Waals surface area contributed by atoms with Gasteiger partial charge in [-0.25, -0.2) is 0 Å². The lowest BCUT2D eigenvalue weighted by molar-refractivity contribution is 1.17. The van der Waals surface area contributed by atoms with Crippen LogP contribution in [0.2, 0.25) is 0 Å². The number of para-hydroxylation sites is 1. The summed E-state index contributed by atoms with van der Waals surface area (Å²) in [5.74, 6) is 0. The Hall–Kier alpha value is -6.38. The van der Waals surface area contributed by atoms with Gasteiger partial charge in [-0.2, -0.15) is 0 Å². The monoisotopic (exact) mass is 610 g/mol. The first-order valence-electron chi connectivity index (χ1n) is 16.5. The summed E-state index contributed by atoms with van der Waals surface area (Å²) in [6.45, 7) is 0. The Morgan fingerprint density at radius 1 is 0.271 bits per heavy atom. The molecular formula is C46H30N2. The summed E-state index contributed by atoms with van der Waals surface area (Å²) in [7, 11) is 0. The van der Waals surface area contributed by atoms with Crippen LogP contribution in [0, 0.1) is 0 Å². The molecule has 0 atom stereocenters. The van der Waals surface area contributed by atoms with E-state index >= 15 is 0 Å². The standard InChI is InChI=1S/C46H30N2/c1-3-13-31(14-4-1)34-19-11-20-36(27-34)47-43-23-10-9-22-38(43)40-29-41-39-26-25-35(32-15-5-2-6-16-32)28-44(39)48(46(41)30-45(40)47)42-24-12-18-33-17-7-8-21-37(33)42/h1-30H. The van der Waals surface area contributed by atoms with E-state index in [-0.39, 0.29) is 0 Å². The Bertz CT molecular complexity index is 2810. The van der Waals surface area contributed by atoms with Crippen LogP contribution < -0.4 is 0 Å². The van der Waals surface area contributed by atoms with Gasteiger partial charge in [0.15, 0.2) is 0 Å². The van der Waals surface area contributed by atoms with Crippen LogP contribution in [0.3, 0.4) is 0 Å². The lowest BCUT2D eigenvalue weighted by Crippen LogP contribution is -1.97. The van der Waals surface area contributed by atoms with E-state index < -0.39 is 0 Å². The fourth-order valence-corrected chi connectivity index (χ4v) is 7.69. The molecular weight excluding hydrogens is 581 g/mol. The molecule has 224 valence electrons. The van der Waals surface area contributed by atoms with Crippen LogP contribution in [0.5, 0.6) is 0 Å². The van der Waals surface area contributed by atoms with Crippen LogP contribution in [0.1, 0.15) is 0 Å². The second kappa shape index (κ2) is 10.6. The number of hydrogen-bond acceptors (Lipinski definition) is 0. The average molecular weight is 611 g/mol. The second-order valence-electron chi connectivity index (χ2n) is 12.6. The van der Waals surface area contributed by atoms with Gasteiger partial charge in [0, 0.05) is 32.6 Å². The van der Waals surface area contributed by atoms with Gasteiger partial charge in [0.05, 0.1) is 27.8 Å². The van der Waals surface area contributed by atoms with Crippen LogP contribution in [0.15, 0.2) is 182 Å². The predicted molar refractivity (Wildman–Crippen MR) is 203 cm³/mol. The predicted octanol–water partition coefficient (Wildman–Crippen LogP) is 12.4. The maximum absolute atomic E-state index is 2.49. The van der Waals surface area contributed by atoms with E-state index in [1.54, 1.807) is 0 Å². The summed E-state index contributed by atoms with van der Waals surface area (Å²) in [6, 6.07) is 66.3. The molecule has 2 heteroatoms. The molecule has 2 nitrogen and oxygen atoms in total. The molecule has 0 N–H and O–H groups in total. The largest absolute Gasteiger partial charge is 0.309 e. The van der Waals surface area contributed by atoms with Gasteiger partial charge in [0.2, 0.25) is 0 Å². The maximum atomic E-state index is 2.49. The van der Waals surface area contributed by atoms with Crippen LogP contribution in [0.25, 0.3) is 88.0 Å². The Morgan fingerprint density at radius 2 is 0.833 bits per heavy atom. The highest BCUT2D eigenvalue weighted by atomic mass is 15.0. The lowest BCUT2D eigenvalue weighted by atomic mass is 10.0. The van der Waals surface area contributed by atoms with Crippen molar-refractivity contribution in [1.82, 2.24) is 9.13 Å². The van der Waals surface area contributed by atoms with Crippen LogP contribution in [-0.2, 0) is 0 Å².